The zero-order valence-electron chi connectivity index (χ0n) is 10.5. The topological polar surface area (TPSA) is 59.9 Å². The van der Waals surface area contributed by atoms with Crippen molar-refractivity contribution in [2.24, 2.45) is 0 Å². The number of hydrogen-bond acceptors (Lipinski definition) is 2. The van der Waals surface area contributed by atoms with Crippen LogP contribution in [0.15, 0.2) is 30.5 Å². The Morgan fingerprint density at radius 3 is 3.00 bits per heavy atom. The van der Waals surface area contributed by atoms with E-state index in [0.29, 0.717) is 12.0 Å². The molecule has 0 aliphatic rings. The molecule has 2 rings (SSSR count). The van der Waals surface area contributed by atoms with Crippen molar-refractivity contribution in [1.82, 2.24) is 9.88 Å². The van der Waals surface area contributed by atoms with Gasteiger partial charge in [0.05, 0.1) is 12.5 Å². The van der Waals surface area contributed by atoms with E-state index < -0.39 is 0 Å². The number of carbonyl (C=O) groups is 1. The maximum atomic E-state index is 12.2. The number of carbonyl (C=O) groups excluding carboxylic acids is 1. The third-order valence-corrected chi connectivity index (χ3v) is 3.17. The van der Waals surface area contributed by atoms with Gasteiger partial charge in [-0.3, -0.25) is 4.79 Å². The molecule has 18 heavy (non-hydrogen) atoms. The summed E-state index contributed by atoms with van der Waals surface area (Å²) >= 11 is 0. The summed E-state index contributed by atoms with van der Waals surface area (Å²) in [5, 5.41) is 9.74. The Labute approximate surface area is 106 Å². The summed E-state index contributed by atoms with van der Waals surface area (Å²) in [5.41, 5.74) is 1.58. The van der Waals surface area contributed by atoms with Gasteiger partial charge in [-0.1, -0.05) is 6.07 Å². The molecule has 0 bridgehead atoms. The molecule has 1 amide bonds. The quantitative estimate of drug-likeness (QED) is 0.897. The van der Waals surface area contributed by atoms with Crippen LogP contribution in [0.4, 0.5) is 0 Å². The van der Waals surface area contributed by atoms with Crippen LogP contribution in [0.3, 0.4) is 0 Å². The summed E-state index contributed by atoms with van der Waals surface area (Å²) in [5.74, 6) is -0.0609. The molecule has 1 atom stereocenters. The first-order valence-corrected chi connectivity index (χ1v) is 5.84. The molecule has 4 nitrogen and oxygen atoms in total. The number of aromatic amines is 1. The van der Waals surface area contributed by atoms with E-state index in [-0.39, 0.29) is 11.9 Å². The molecule has 1 unspecified atom stereocenters. The lowest BCUT2D eigenvalue weighted by Gasteiger charge is -2.22. The number of hydrogen-bond donors (Lipinski definition) is 1. The van der Waals surface area contributed by atoms with Gasteiger partial charge < -0.3 is 9.88 Å². The number of nitriles is 1. The molecule has 0 aliphatic carbocycles. The highest BCUT2D eigenvalue weighted by Gasteiger charge is 2.17. The summed E-state index contributed by atoms with van der Waals surface area (Å²) < 4.78 is 0. The lowest BCUT2D eigenvalue weighted by molar-refractivity contribution is 0.0746. The molecule has 0 aliphatic heterocycles. The molecule has 4 heteroatoms. The Morgan fingerprint density at radius 2 is 2.28 bits per heavy atom. The van der Waals surface area contributed by atoms with Crippen LogP contribution in [0.25, 0.3) is 10.9 Å². The van der Waals surface area contributed by atoms with Gasteiger partial charge in [-0.15, -0.1) is 0 Å². The fourth-order valence-electron chi connectivity index (χ4n) is 1.85. The van der Waals surface area contributed by atoms with E-state index in [1.807, 2.05) is 37.4 Å². The van der Waals surface area contributed by atoms with Crippen LogP contribution in [0.1, 0.15) is 23.7 Å². The number of H-pyrrole nitrogens is 1. The summed E-state index contributed by atoms with van der Waals surface area (Å²) in [6, 6.07) is 9.54. The first-order chi connectivity index (χ1) is 8.63. The van der Waals surface area contributed by atoms with Gasteiger partial charge in [0, 0.05) is 30.4 Å². The van der Waals surface area contributed by atoms with E-state index in [1.54, 1.807) is 11.9 Å². The first kappa shape index (κ1) is 12.2. The molecule has 1 aromatic carbocycles. The number of nitrogens with one attached hydrogen (secondary N) is 1. The van der Waals surface area contributed by atoms with Gasteiger partial charge in [-0.25, -0.2) is 0 Å². The van der Waals surface area contributed by atoms with Gasteiger partial charge in [-0.2, -0.15) is 5.26 Å². The van der Waals surface area contributed by atoms with Crippen molar-refractivity contribution in [2.75, 3.05) is 7.05 Å². The SMILES string of the molecule is CC(CC#N)N(C)C(=O)c1ccc2cc[nH]c2c1. The number of amides is 1. The normalized spacial score (nSPS) is 12.1. The summed E-state index contributed by atoms with van der Waals surface area (Å²) in [6.07, 6.45) is 2.19. The first-order valence-electron chi connectivity index (χ1n) is 5.84. The largest absolute Gasteiger partial charge is 0.361 e. The second-order valence-electron chi connectivity index (χ2n) is 4.41. The highest BCUT2D eigenvalue weighted by atomic mass is 16.2. The minimum atomic E-state index is -0.0816. The number of benzene rings is 1. The van der Waals surface area contributed by atoms with Crippen molar-refractivity contribution in [3.8, 4) is 6.07 Å². The zero-order valence-corrected chi connectivity index (χ0v) is 10.5. The van der Waals surface area contributed by atoms with Gasteiger partial charge in [0.15, 0.2) is 0 Å². The highest BCUT2D eigenvalue weighted by molar-refractivity contribution is 5.97. The average molecular weight is 241 g/mol. The Bertz CT molecular complexity index is 609. The molecule has 1 N–H and O–H groups in total. The Hall–Kier alpha value is -2.28. The van der Waals surface area contributed by atoms with Crippen molar-refractivity contribution < 1.29 is 4.79 Å². The molecular formula is C14H15N3O. The second kappa shape index (κ2) is 4.92. The van der Waals surface area contributed by atoms with E-state index in [4.69, 9.17) is 5.26 Å². The zero-order chi connectivity index (χ0) is 13.1. The van der Waals surface area contributed by atoms with Crippen molar-refractivity contribution in [3.63, 3.8) is 0 Å². The molecule has 2 aromatic rings. The van der Waals surface area contributed by atoms with E-state index in [9.17, 15) is 4.79 Å². The van der Waals surface area contributed by atoms with Gasteiger partial charge in [0.1, 0.15) is 0 Å². The maximum Gasteiger partial charge on any atom is 0.253 e. The van der Waals surface area contributed by atoms with Crippen molar-refractivity contribution in [3.05, 3.63) is 36.0 Å². The van der Waals surface area contributed by atoms with Crippen molar-refractivity contribution in [2.45, 2.75) is 19.4 Å². The smallest absolute Gasteiger partial charge is 0.253 e. The van der Waals surface area contributed by atoms with Crippen LogP contribution in [-0.2, 0) is 0 Å². The van der Waals surface area contributed by atoms with Gasteiger partial charge >= 0.3 is 0 Å². The van der Waals surface area contributed by atoms with E-state index in [1.165, 1.54) is 0 Å². The average Bonchev–Trinajstić information content (AvgIpc) is 2.84. The lowest BCUT2D eigenvalue weighted by atomic mass is 10.1. The van der Waals surface area contributed by atoms with Crippen molar-refractivity contribution >= 4 is 16.8 Å². The predicted molar refractivity (Wildman–Crippen MR) is 70.1 cm³/mol. The maximum absolute atomic E-state index is 12.2. The predicted octanol–water partition coefficient (Wildman–Crippen LogP) is 2.54. The van der Waals surface area contributed by atoms with Crippen LogP contribution in [0.2, 0.25) is 0 Å². The lowest BCUT2D eigenvalue weighted by Crippen LogP contribution is -2.34. The summed E-state index contributed by atoms with van der Waals surface area (Å²) in [6.45, 7) is 1.87. The molecule has 0 fully saturated rings. The Morgan fingerprint density at radius 1 is 1.50 bits per heavy atom. The molecule has 1 aromatic heterocycles. The standard InChI is InChI=1S/C14H15N3O/c1-10(5-7-15)17(2)14(18)12-4-3-11-6-8-16-13(11)9-12/h3-4,6,8-10,16H,5H2,1-2H3. The minimum Gasteiger partial charge on any atom is -0.361 e. The number of nitrogens with zero attached hydrogens (tertiary/aromatic N) is 2. The van der Waals surface area contributed by atoms with Crippen LogP contribution in [0.5, 0.6) is 0 Å². The van der Waals surface area contributed by atoms with Gasteiger partial charge in [0.25, 0.3) is 5.91 Å². The van der Waals surface area contributed by atoms with E-state index in [2.05, 4.69) is 11.1 Å². The number of rotatable bonds is 3. The van der Waals surface area contributed by atoms with E-state index in [0.717, 1.165) is 10.9 Å². The monoisotopic (exact) mass is 241 g/mol. The number of fused-ring (bicyclic) bond motifs is 1. The van der Waals surface area contributed by atoms with Crippen LogP contribution < -0.4 is 0 Å². The van der Waals surface area contributed by atoms with Gasteiger partial charge in [0.2, 0.25) is 0 Å². The molecule has 0 saturated heterocycles. The second-order valence-corrected chi connectivity index (χ2v) is 4.41. The summed E-state index contributed by atoms with van der Waals surface area (Å²) in [7, 11) is 1.73. The minimum absolute atomic E-state index is 0.0609. The highest BCUT2D eigenvalue weighted by Crippen LogP contribution is 2.16. The fourth-order valence-corrected chi connectivity index (χ4v) is 1.85. The third-order valence-electron chi connectivity index (χ3n) is 3.17. The summed E-state index contributed by atoms with van der Waals surface area (Å²) in [4.78, 5) is 16.9. The van der Waals surface area contributed by atoms with Crippen LogP contribution in [-0.4, -0.2) is 28.9 Å². The molecule has 0 saturated carbocycles. The number of aromatic nitrogens is 1. The molecule has 92 valence electrons. The van der Waals surface area contributed by atoms with Crippen LogP contribution >= 0.6 is 0 Å². The van der Waals surface area contributed by atoms with Gasteiger partial charge in [-0.05, 0) is 30.5 Å². The molecular weight excluding hydrogens is 226 g/mol. The third kappa shape index (κ3) is 2.21. The Kier molecular flexibility index (Phi) is 3.33. The molecule has 1 heterocycles. The Balaban J connectivity index is 2.25. The fraction of sp³-hybridized carbons (Fsp3) is 0.286. The van der Waals surface area contributed by atoms with Crippen LogP contribution in [0, 0.1) is 11.3 Å². The van der Waals surface area contributed by atoms with Crippen molar-refractivity contribution in [1.29, 1.82) is 5.26 Å². The molecule has 0 spiro atoms. The molecule has 0 radical (unpaired) electrons. The van der Waals surface area contributed by atoms with E-state index >= 15 is 0 Å².